The number of nitrogens with one attached hydrogen (secondary N) is 1. The lowest BCUT2D eigenvalue weighted by atomic mass is 10.1. The number of esters is 1. The van der Waals surface area contributed by atoms with Gasteiger partial charge in [-0.05, 0) is 40.2 Å². The number of hydrogen-bond acceptors (Lipinski definition) is 7. The van der Waals surface area contributed by atoms with Crippen molar-refractivity contribution in [2.45, 2.75) is 34.6 Å². The molecule has 0 aliphatic rings. The summed E-state index contributed by atoms with van der Waals surface area (Å²) in [6.07, 6.45) is 0. The van der Waals surface area contributed by atoms with Crippen molar-refractivity contribution in [2.75, 3.05) is 11.9 Å². The minimum atomic E-state index is -0.550. The first kappa shape index (κ1) is 18.3. The molecule has 1 N–H and O–H groups in total. The largest absolute Gasteiger partial charge is 0.462 e. The molecule has 0 saturated carbocycles. The van der Waals surface area contributed by atoms with Gasteiger partial charge in [-0.25, -0.2) is 9.78 Å². The molecule has 1 amide bonds. The number of anilines is 1. The first-order chi connectivity index (χ1) is 11.3. The van der Waals surface area contributed by atoms with Crippen LogP contribution in [0.1, 0.15) is 59.8 Å². The third-order valence-corrected chi connectivity index (χ3v) is 5.66. The van der Waals surface area contributed by atoms with E-state index in [9.17, 15) is 14.4 Å². The molecule has 2 aromatic heterocycles. The van der Waals surface area contributed by atoms with E-state index in [-0.39, 0.29) is 23.9 Å². The zero-order valence-electron chi connectivity index (χ0n) is 14.1. The summed E-state index contributed by atoms with van der Waals surface area (Å²) in [6, 6.07) is 0. The predicted molar refractivity (Wildman–Crippen MR) is 94.6 cm³/mol. The Labute approximate surface area is 147 Å². The average Bonchev–Trinajstić information content (AvgIpc) is 2.98. The third-order valence-electron chi connectivity index (χ3n) is 3.28. The number of thiophene rings is 1. The molecule has 6 nitrogen and oxygen atoms in total. The number of Topliss-reactive ketones (excluding diaryl/α,β-unsaturated/α-hetero) is 1. The SMILES string of the molecule is CCOC(=O)c1c(NC(=O)c2sc(C)nc2C)sc(C(C)=O)c1C. The molecule has 0 saturated heterocycles. The summed E-state index contributed by atoms with van der Waals surface area (Å²) in [4.78, 5) is 41.6. The lowest BCUT2D eigenvalue weighted by Gasteiger charge is -2.06. The van der Waals surface area contributed by atoms with E-state index in [2.05, 4.69) is 10.3 Å². The van der Waals surface area contributed by atoms with Crippen LogP contribution in [0.4, 0.5) is 5.00 Å². The van der Waals surface area contributed by atoms with Gasteiger partial charge >= 0.3 is 5.97 Å². The molecule has 8 heteroatoms. The molecule has 128 valence electrons. The van der Waals surface area contributed by atoms with Gasteiger partial charge in [0.2, 0.25) is 0 Å². The second-order valence-electron chi connectivity index (χ2n) is 5.14. The van der Waals surface area contributed by atoms with Gasteiger partial charge in [0.1, 0.15) is 9.88 Å². The van der Waals surface area contributed by atoms with Gasteiger partial charge in [-0.1, -0.05) is 0 Å². The molecule has 0 fully saturated rings. The van der Waals surface area contributed by atoms with Crippen molar-refractivity contribution in [2.24, 2.45) is 0 Å². The minimum absolute atomic E-state index is 0.159. The van der Waals surface area contributed by atoms with Gasteiger partial charge in [-0.2, -0.15) is 0 Å². The van der Waals surface area contributed by atoms with Crippen molar-refractivity contribution < 1.29 is 19.1 Å². The Kier molecular flexibility index (Phi) is 5.51. The van der Waals surface area contributed by atoms with Crippen molar-refractivity contribution in [3.05, 3.63) is 31.6 Å². The van der Waals surface area contributed by atoms with E-state index < -0.39 is 5.97 Å². The number of aryl methyl sites for hydroxylation is 2. The molecule has 0 spiro atoms. The summed E-state index contributed by atoms with van der Waals surface area (Å²) >= 11 is 2.37. The van der Waals surface area contributed by atoms with Gasteiger partial charge < -0.3 is 10.1 Å². The summed E-state index contributed by atoms with van der Waals surface area (Å²) in [5, 5.41) is 3.85. The highest BCUT2D eigenvalue weighted by molar-refractivity contribution is 7.19. The van der Waals surface area contributed by atoms with Gasteiger partial charge in [0.05, 0.1) is 27.7 Å². The molecule has 2 rings (SSSR count). The maximum atomic E-state index is 12.5. The second kappa shape index (κ2) is 7.23. The van der Waals surface area contributed by atoms with Crippen molar-refractivity contribution in [3.8, 4) is 0 Å². The molecule has 24 heavy (non-hydrogen) atoms. The molecular weight excluding hydrogens is 348 g/mol. The van der Waals surface area contributed by atoms with Crippen LogP contribution < -0.4 is 5.32 Å². The Morgan fingerprint density at radius 1 is 1.12 bits per heavy atom. The summed E-state index contributed by atoms with van der Waals surface area (Å²) in [7, 11) is 0. The van der Waals surface area contributed by atoms with Gasteiger partial charge in [0, 0.05) is 0 Å². The second-order valence-corrected chi connectivity index (χ2v) is 7.36. The molecule has 0 unspecified atom stereocenters. The van der Waals surface area contributed by atoms with Gasteiger partial charge in [-0.3, -0.25) is 9.59 Å². The smallest absolute Gasteiger partial charge is 0.341 e. The Bertz CT molecular complexity index is 820. The molecule has 0 atom stereocenters. The normalized spacial score (nSPS) is 10.5. The average molecular weight is 366 g/mol. The van der Waals surface area contributed by atoms with E-state index in [0.717, 1.165) is 16.3 Å². The predicted octanol–water partition coefficient (Wildman–Crippen LogP) is 3.76. The first-order valence-electron chi connectivity index (χ1n) is 7.33. The van der Waals surface area contributed by atoms with E-state index in [4.69, 9.17) is 4.74 Å². The van der Waals surface area contributed by atoms with Crippen molar-refractivity contribution in [1.82, 2.24) is 4.98 Å². The van der Waals surface area contributed by atoms with Crippen LogP contribution in [0.25, 0.3) is 0 Å². The summed E-state index contributed by atoms with van der Waals surface area (Å²) in [5.74, 6) is -1.06. The van der Waals surface area contributed by atoms with Gasteiger partial charge in [-0.15, -0.1) is 22.7 Å². The van der Waals surface area contributed by atoms with Gasteiger partial charge in [0.25, 0.3) is 5.91 Å². The molecule has 2 heterocycles. The van der Waals surface area contributed by atoms with Crippen molar-refractivity contribution in [3.63, 3.8) is 0 Å². The van der Waals surface area contributed by atoms with Crippen LogP contribution in [-0.2, 0) is 4.74 Å². The van der Waals surface area contributed by atoms with Gasteiger partial charge in [0.15, 0.2) is 5.78 Å². The topological polar surface area (TPSA) is 85.4 Å². The van der Waals surface area contributed by atoms with Crippen LogP contribution >= 0.6 is 22.7 Å². The summed E-state index contributed by atoms with van der Waals surface area (Å²) < 4.78 is 5.05. The lowest BCUT2D eigenvalue weighted by Crippen LogP contribution is -2.14. The molecule has 2 aromatic rings. The monoisotopic (exact) mass is 366 g/mol. The van der Waals surface area contributed by atoms with E-state index in [1.165, 1.54) is 18.3 Å². The number of amides is 1. The minimum Gasteiger partial charge on any atom is -0.462 e. The van der Waals surface area contributed by atoms with E-state index >= 15 is 0 Å². The van der Waals surface area contributed by atoms with Crippen molar-refractivity contribution >= 4 is 45.3 Å². The molecular formula is C16H18N2O4S2. The summed E-state index contributed by atoms with van der Waals surface area (Å²) in [5.41, 5.74) is 1.39. The number of carbonyl (C=O) groups excluding carboxylic acids is 3. The van der Waals surface area contributed by atoms with E-state index in [0.29, 0.717) is 26.0 Å². The van der Waals surface area contributed by atoms with Crippen LogP contribution in [-0.4, -0.2) is 29.3 Å². The number of ketones is 1. The van der Waals surface area contributed by atoms with Crippen molar-refractivity contribution in [1.29, 1.82) is 0 Å². The molecule has 0 aliphatic heterocycles. The molecule has 0 radical (unpaired) electrons. The van der Waals surface area contributed by atoms with Crippen LogP contribution in [0.5, 0.6) is 0 Å². The number of nitrogens with zero attached hydrogens (tertiary/aromatic N) is 1. The Balaban J connectivity index is 2.43. The quantitative estimate of drug-likeness (QED) is 0.643. The highest BCUT2D eigenvalue weighted by atomic mass is 32.1. The zero-order chi connectivity index (χ0) is 18.0. The number of rotatable bonds is 5. The number of carbonyl (C=O) groups is 3. The van der Waals surface area contributed by atoms with Crippen LogP contribution in [0, 0.1) is 20.8 Å². The lowest BCUT2D eigenvalue weighted by molar-refractivity contribution is 0.0527. The van der Waals surface area contributed by atoms with E-state index in [1.54, 1.807) is 20.8 Å². The zero-order valence-corrected chi connectivity index (χ0v) is 15.7. The molecule has 0 aromatic carbocycles. The maximum Gasteiger partial charge on any atom is 0.341 e. The third kappa shape index (κ3) is 3.54. The first-order valence-corrected chi connectivity index (χ1v) is 8.96. The van der Waals surface area contributed by atoms with Crippen LogP contribution in [0.3, 0.4) is 0 Å². The number of aromatic nitrogens is 1. The fraction of sp³-hybridized carbons (Fsp3) is 0.375. The maximum absolute atomic E-state index is 12.5. The van der Waals surface area contributed by atoms with Crippen LogP contribution in [0.2, 0.25) is 0 Å². The highest BCUT2D eigenvalue weighted by Gasteiger charge is 2.26. The fourth-order valence-electron chi connectivity index (χ4n) is 2.29. The summed E-state index contributed by atoms with van der Waals surface area (Å²) in [6.45, 7) is 8.59. The Morgan fingerprint density at radius 2 is 1.79 bits per heavy atom. The van der Waals surface area contributed by atoms with Crippen LogP contribution in [0.15, 0.2) is 0 Å². The Morgan fingerprint density at radius 3 is 2.29 bits per heavy atom. The number of hydrogen-bond donors (Lipinski definition) is 1. The number of thiazole rings is 1. The highest BCUT2D eigenvalue weighted by Crippen LogP contribution is 2.34. The Hall–Kier alpha value is -2.06. The standard InChI is InChI=1S/C16H18N2O4S2/c1-6-22-16(21)11-7(2)12(9(4)19)24-15(11)18-14(20)13-8(3)17-10(5)23-13/h6H2,1-5H3,(H,18,20). The fourth-order valence-corrected chi connectivity index (χ4v) is 4.19. The van der Waals surface area contributed by atoms with E-state index in [1.807, 2.05) is 6.92 Å². The number of ether oxygens (including phenoxy) is 1. The molecule has 0 aliphatic carbocycles. The molecule has 0 bridgehead atoms.